The van der Waals surface area contributed by atoms with Crippen molar-refractivity contribution in [2.75, 3.05) is 26.2 Å². The van der Waals surface area contributed by atoms with Gasteiger partial charge in [0.25, 0.3) is 0 Å². The van der Waals surface area contributed by atoms with Crippen molar-refractivity contribution in [1.29, 1.82) is 0 Å². The second-order valence-corrected chi connectivity index (χ2v) is 8.23. The van der Waals surface area contributed by atoms with Gasteiger partial charge in [-0.05, 0) is 73.5 Å². The molecule has 154 valence electrons. The predicted molar refractivity (Wildman–Crippen MR) is 122 cm³/mol. The van der Waals surface area contributed by atoms with Crippen molar-refractivity contribution >= 4 is 21.7 Å². The number of nitrogens with one attached hydrogen (secondary N) is 1. The Kier molecular flexibility index (Phi) is 5.33. The van der Waals surface area contributed by atoms with Crippen LogP contribution in [0.1, 0.15) is 30.7 Å². The maximum atomic E-state index is 10.2. The van der Waals surface area contributed by atoms with Crippen LogP contribution in [0.15, 0.2) is 66.9 Å². The summed E-state index contributed by atoms with van der Waals surface area (Å²) in [5.41, 5.74) is 2.50. The van der Waals surface area contributed by atoms with E-state index in [-0.39, 0.29) is 0 Å². The Morgan fingerprint density at radius 2 is 1.73 bits per heavy atom. The number of likely N-dealkylation sites (tertiary alicyclic amines) is 1. The molecule has 2 N–H and O–H groups in total. The second kappa shape index (κ2) is 8.41. The molecule has 3 aromatic carbocycles. The van der Waals surface area contributed by atoms with E-state index in [1.165, 1.54) is 10.9 Å². The van der Waals surface area contributed by atoms with E-state index in [1.54, 1.807) is 0 Å². The largest absolute Gasteiger partial charge is 0.507 e. The molecule has 1 fully saturated rings. The van der Waals surface area contributed by atoms with Gasteiger partial charge in [0.15, 0.2) is 0 Å². The first-order valence-electron chi connectivity index (χ1n) is 10.9. The van der Waals surface area contributed by atoms with Crippen LogP contribution in [-0.4, -0.2) is 41.2 Å². The standard InChI is InChI=1S/C26H28N2O2/c29-25-10-9-20(21-5-1-2-6-22(21)25)19-12-16-28(17-13-19)15-4-18-30-26-8-3-7-24-23(26)11-14-27-24/h1-3,5-11,14,19,27,29H,4,12-13,15-18H2. The fourth-order valence-corrected chi connectivity index (χ4v) is 4.78. The molecule has 5 rings (SSSR count). The Labute approximate surface area is 177 Å². The Morgan fingerprint density at radius 1 is 0.900 bits per heavy atom. The van der Waals surface area contributed by atoms with Gasteiger partial charge in [-0.3, -0.25) is 0 Å². The summed E-state index contributed by atoms with van der Waals surface area (Å²) in [6, 6.07) is 20.4. The van der Waals surface area contributed by atoms with Crippen molar-refractivity contribution in [3.8, 4) is 11.5 Å². The van der Waals surface area contributed by atoms with E-state index in [0.717, 1.165) is 67.5 Å². The van der Waals surface area contributed by atoms with Gasteiger partial charge >= 0.3 is 0 Å². The third kappa shape index (κ3) is 3.75. The molecule has 1 aliphatic heterocycles. The highest BCUT2D eigenvalue weighted by atomic mass is 16.5. The fourth-order valence-electron chi connectivity index (χ4n) is 4.78. The van der Waals surface area contributed by atoms with E-state index in [0.29, 0.717) is 11.7 Å². The molecule has 0 bridgehead atoms. The van der Waals surface area contributed by atoms with Crippen LogP contribution in [0.4, 0.5) is 0 Å². The zero-order valence-corrected chi connectivity index (χ0v) is 17.2. The number of fused-ring (bicyclic) bond motifs is 2. The molecule has 2 heterocycles. The molecule has 4 nitrogen and oxygen atoms in total. The molecule has 0 aliphatic carbocycles. The van der Waals surface area contributed by atoms with Crippen LogP contribution >= 0.6 is 0 Å². The first-order chi connectivity index (χ1) is 14.8. The molecule has 30 heavy (non-hydrogen) atoms. The number of benzene rings is 3. The van der Waals surface area contributed by atoms with Crippen LogP contribution in [0.25, 0.3) is 21.7 Å². The lowest BCUT2D eigenvalue weighted by molar-refractivity contribution is 0.193. The van der Waals surface area contributed by atoms with Gasteiger partial charge in [0.05, 0.1) is 6.61 Å². The molecule has 1 aromatic heterocycles. The molecular formula is C26H28N2O2. The van der Waals surface area contributed by atoms with Gasteiger partial charge in [0, 0.05) is 29.0 Å². The van der Waals surface area contributed by atoms with Gasteiger partial charge in [-0.2, -0.15) is 0 Å². The number of nitrogens with zero attached hydrogens (tertiary/aromatic N) is 1. The van der Waals surface area contributed by atoms with Gasteiger partial charge in [0.1, 0.15) is 11.5 Å². The molecule has 0 unspecified atom stereocenters. The van der Waals surface area contributed by atoms with Crippen molar-refractivity contribution in [1.82, 2.24) is 9.88 Å². The maximum Gasteiger partial charge on any atom is 0.128 e. The highest BCUT2D eigenvalue weighted by Gasteiger charge is 2.22. The van der Waals surface area contributed by atoms with E-state index < -0.39 is 0 Å². The number of rotatable bonds is 6. The minimum atomic E-state index is 0.377. The number of aromatic nitrogens is 1. The number of hydrogen-bond acceptors (Lipinski definition) is 3. The summed E-state index contributed by atoms with van der Waals surface area (Å²) >= 11 is 0. The van der Waals surface area contributed by atoms with Crippen LogP contribution < -0.4 is 4.74 Å². The van der Waals surface area contributed by atoms with E-state index in [4.69, 9.17) is 4.74 Å². The zero-order chi connectivity index (χ0) is 20.3. The fraction of sp³-hybridized carbons (Fsp3) is 0.308. The van der Waals surface area contributed by atoms with Gasteiger partial charge in [-0.25, -0.2) is 0 Å². The lowest BCUT2D eigenvalue weighted by Crippen LogP contribution is -2.34. The molecule has 0 saturated carbocycles. The summed E-state index contributed by atoms with van der Waals surface area (Å²) < 4.78 is 6.05. The Balaban J connectivity index is 1.14. The minimum Gasteiger partial charge on any atom is -0.507 e. The summed E-state index contributed by atoms with van der Waals surface area (Å²) in [4.78, 5) is 5.79. The predicted octanol–water partition coefficient (Wildman–Crippen LogP) is 5.68. The lowest BCUT2D eigenvalue weighted by atomic mass is 9.86. The lowest BCUT2D eigenvalue weighted by Gasteiger charge is -2.32. The number of hydrogen-bond donors (Lipinski definition) is 2. The third-order valence-electron chi connectivity index (χ3n) is 6.39. The van der Waals surface area contributed by atoms with E-state index >= 15 is 0 Å². The normalized spacial score (nSPS) is 15.7. The van der Waals surface area contributed by atoms with Crippen molar-refractivity contribution in [3.63, 3.8) is 0 Å². The number of phenols is 1. The summed E-state index contributed by atoms with van der Waals surface area (Å²) in [5, 5.41) is 13.5. The van der Waals surface area contributed by atoms with Crippen LogP contribution in [0.2, 0.25) is 0 Å². The number of aromatic hydroxyl groups is 1. The van der Waals surface area contributed by atoms with E-state index in [9.17, 15) is 5.11 Å². The van der Waals surface area contributed by atoms with Crippen molar-refractivity contribution in [2.45, 2.75) is 25.2 Å². The summed E-state index contributed by atoms with van der Waals surface area (Å²) in [5.74, 6) is 1.91. The van der Waals surface area contributed by atoms with Crippen LogP contribution in [0.5, 0.6) is 11.5 Å². The first-order valence-corrected chi connectivity index (χ1v) is 10.9. The number of phenolic OH excluding ortho intramolecular Hbond substituents is 1. The Bertz CT molecular complexity index is 1140. The molecule has 4 heteroatoms. The van der Waals surface area contributed by atoms with Gasteiger partial charge in [-0.15, -0.1) is 0 Å². The molecule has 1 aliphatic rings. The first kappa shape index (κ1) is 19.0. The SMILES string of the molecule is Oc1ccc(C2CCN(CCCOc3cccc4[nH]ccc34)CC2)c2ccccc12. The smallest absolute Gasteiger partial charge is 0.128 e. The summed E-state index contributed by atoms with van der Waals surface area (Å²) in [6.07, 6.45) is 5.32. The van der Waals surface area contributed by atoms with Crippen LogP contribution in [0.3, 0.4) is 0 Å². The number of H-pyrrole nitrogens is 1. The topological polar surface area (TPSA) is 48.5 Å². The Morgan fingerprint density at radius 3 is 2.60 bits per heavy atom. The van der Waals surface area contributed by atoms with E-state index in [2.05, 4.69) is 40.2 Å². The average Bonchev–Trinajstić information content (AvgIpc) is 3.28. The molecule has 0 amide bonds. The van der Waals surface area contributed by atoms with Gasteiger partial charge in [0.2, 0.25) is 0 Å². The van der Waals surface area contributed by atoms with Crippen molar-refractivity contribution in [3.05, 3.63) is 72.4 Å². The monoisotopic (exact) mass is 400 g/mol. The highest BCUT2D eigenvalue weighted by molar-refractivity contribution is 5.91. The van der Waals surface area contributed by atoms with Crippen molar-refractivity contribution in [2.24, 2.45) is 0 Å². The van der Waals surface area contributed by atoms with Crippen molar-refractivity contribution < 1.29 is 9.84 Å². The summed E-state index contributed by atoms with van der Waals surface area (Å²) in [6.45, 7) is 4.06. The second-order valence-electron chi connectivity index (χ2n) is 8.23. The maximum absolute atomic E-state index is 10.2. The molecular weight excluding hydrogens is 372 g/mol. The highest BCUT2D eigenvalue weighted by Crippen LogP contribution is 2.36. The van der Waals surface area contributed by atoms with Gasteiger partial charge < -0.3 is 19.7 Å². The average molecular weight is 401 g/mol. The van der Waals surface area contributed by atoms with Crippen LogP contribution in [-0.2, 0) is 0 Å². The molecule has 0 radical (unpaired) electrons. The summed E-state index contributed by atoms with van der Waals surface area (Å²) in [7, 11) is 0. The zero-order valence-electron chi connectivity index (χ0n) is 17.2. The quantitative estimate of drug-likeness (QED) is 0.410. The van der Waals surface area contributed by atoms with Crippen LogP contribution in [0, 0.1) is 0 Å². The third-order valence-corrected chi connectivity index (χ3v) is 6.39. The minimum absolute atomic E-state index is 0.377. The molecule has 0 atom stereocenters. The number of piperidine rings is 1. The number of aromatic amines is 1. The number of ether oxygens (including phenoxy) is 1. The molecule has 4 aromatic rings. The Hall–Kier alpha value is -2.98. The molecule has 1 saturated heterocycles. The van der Waals surface area contributed by atoms with Gasteiger partial charge in [-0.1, -0.05) is 36.4 Å². The van der Waals surface area contributed by atoms with E-state index in [1.807, 2.05) is 36.5 Å². The molecule has 0 spiro atoms.